The van der Waals surface area contributed by atoms with Gasteiger partial charge in [0.15, 0.2) is 0 Å². The topological polar surface area (TPSA) is 87.7 Å². The lowest BCUT2D eigenvalue weighted by Crippen LogP contribution is -2.20. The molecule has 2 aromatic rings. The molecule has 0 unspecified atom stereocenters. The molecule has 1 aliphatic carbocycles. The van der Waals surface area contributed by atoms with Crippen molar-refractivity contribution in [2.45, 2.75) is 44.9 Å². The summed E-state index contributed by atoms with van der Waals surface area (Å²) < 4.78 is 5.29. The third kappa shape index (κ3) is 5.73. The Morgan fingerprint density at radius 3 is 2.34 bits per heavy atom. The molecule has 3 rings (SSSR count). The summed E-state index contributed by atoms with van der Waals surface area (Å²) in [4.78, 5) is 23.2. The highest BCUT2D eigenvalue weighted by molar-refractivity contribution is 6.00. The zero-order valence-corrected chi connectivity index (χ0v) is 16.9. The molecule has 0 spiro atoms. The molecule has 2 aromatic carbocycles. The van der Waals surface area contributed by atoms with E-state index in [0.717, 1.165) is 36.9 Å². The third-order valence-electron chi connectivity index (χ3n) is 5.55. The fourth-order valence-electron chi connectivity index (χ4n) is 3.99. The number of aryl methyl sites for hydroxylation is 1. The van der Waals surface area contributed by atoms with Crippen LogP contribution in [0.3, 0.4) is 0 Å². The summed E-state index contributed by atoms with van der Waals surface area (Å²) in [5, 5.41) is 14.6. The molecule has 0 heterocycles. The van der Waals surface area contributed by atoms with E-state index in [9.17, 15) is 9.59 Å². The van der Waals surface area contributed by atoms with Crippen LogP contribution in [0.1, 0.15) is 49.1 Å². The van der Waals surface area contributed by atoms with Crippen LogP contribution in [-0.4, -0.2) is 24.2 Å². The summed E-state index contributed by atoms with van der Waals surface area (Å²) in [7, 11) is 1.57. The number of urea groups is 1. The van der Waals surface area contributed by atoms with Gasteiger partial charge >= 0.3 is 12.0 Å². The Morgan fingerprint density at radius 1 is 1.03 bits per heavy atom. The van der Waals surface area contributed by atoms with E-state index in [2.05, 4.69) is 10.6 Å². The van der Waals surface area contributed by atoms with Crippen LogP contribution in [0, 0.1) is 12.8 Å². The van der Waals surface area contributed by atoms with Crippen molar-refractivity contribution in [1.29, 1.82) is 0 Å². The highest BCUT2D eigenvalue weighted by Crippen LogP contribution is 2.37. The quantitative estimate of drug-likeness (QED) is 0.610. The monoisotopic (exact) mass is 396 g/mol. The molecule has 6 nitrogen and oxygen atoms in total. The number of ether oxygens (including phenoxy) is 1. The standard InChI is InChI=1S/C23H28N2O4/c1-15-3-12-21(29-2)20(13-15)25-23(28)24-19-10-8-18(9-11-19)17-6-4-16(5-7-17)14-22(26)27/h3,8-13,16-17H,4-7,14H2,1-2H3,(H,26,27)(H2,24,25,28)/t16-,17+. The molecular weight excluding hydrogens is 368 g/mol. The van der Waals surface area contributed by atoms with Crippen LogP contribution in [0.5, 0.6) is 5.75 Å². The van der Waals surface area contributed by atoms with E-state index in [-0.39, 0.29) is 12.5 Å². The summed E-state index contributed by atoms with van der Waals surface area (Å²) in [6.45, 7) is 1.95. The highest BCUT2D eigenvalue weighted by atomic mass is 16.5. The second kappa shape index (κ2) is 9.45. The summed E-state index contributed by atoms with van der Waals surface area (Å²) in [6.07, 6.45) is 4.21. The zero-order chi connectivity index (χ0) is 20.8. The first-order valence-electron chi connectivity index (χ1n) is 9.99. The van der Waals surface area contributed by atoms with Gasteiger partial charge in [0.05, 0.1) is 12.8 Å². The van der Waals surface area contributed by atoms with E-state index >= 15 is 0 Å². The average molecular weight is 396 g/mol. The third-order valence-corrected chi connectivity index (χ3v) is 5.55. The van der Waals surface area contributed by atoms with Gasteiger partial charge in [0.2, 0.25) is 0 Å². The van der Waals surface area contributed by atoms with Gasteiger partial charge in [-0.25, -0.2) is 4.79 Å². The maximum atomic E-state index is 12.3. The van der Waals surface area contributed by atoms with Crippen LogP contribution in [-0.2, 0) is 4.79 Å². The molecule has 0 radical (unpaired) electrons. The number of hydrogen-bond acceptors (Lipinski definition) is 3. The van der Waals surface area contributed by atoms with Crippen molar-refractivity contribution in [1.82, 2.24) is 0 Å². The van der Waals surface area contributed by atoms with Crippen LogP contribution >= 0.6 is 0 Å². The number of aliphatic carboxylic acids is 1. The number of carbonyl (C=O) groups is 2. The van der Waals surface area contributed by atoms with Gasteiger partial charge in [0, 0.05) is 12.1 Å². The Kier molecular flexibility index (Phi) is 6.75. The Bertz CT molecular complexity index is 856. The van der Waals surface area contributed by atoms with Crippen LogP contribution in [0.15, 0.2) is 42.5 Å². The van der Waals surface area contributed by atoms with Crippen molar-refractivity contribution in [2.24, 2.45) is 5.92 Å². The number of carbonyl (C=O) groups excluding carboxylic acids is 1. The molecular formula is C23H28N2O4. The van der Waals surface area contributed by atoms with Crippen molar-refractivity contribution in [3.63, 3.8) is 0 Å². The summed E-state index contributed by atoms with van der Waals surface area (Å²) >= 11 is 0. The SMILES string of the molecule is COc1ccc(C)cc1NC(=O)Nc1ccc([C@H]2CC[C@@H](CC(=O)O)CC2)cc1. The fraction of sp³-hybridized carbons (Fsp3) is 0.391. The summed E-state index contributed by atoms with van der Waals surface area (Å²) in [5.74, 6) is 0.663. The van der Waals surface area contributed by atoms with Gasteiger partial charge < -0.3 is 20.5 Å². The highest BCUT2D eigenvalue weighted by Gasteiger charge is 2.23. The second-order valence-corrected chi connectivity index (χ2v) is 7.72. The summed E-state index contributed by atoms with van der Waals surface area (Å²) in [5.41, 5.74) is 3.62. The first-order valence-corrected chi connectivity index (χ1v) is 9.99. The molecule has 0 saturated heterocycles. The lowest BCUT2D eigenvalue weighted by atomic mass is 9.77. The van der Waals surface area contributed by atoms with Crippen LogP contribution in [0.4, 0.5) is 16.2 Å². The smallest absolute Gasteiger partial charge is 0.323 e. The van der Waals surface area contributed by atoms with Gasteiger partial charge in [-0.05, 0) is 79.8 Å². The van der Waals surface area contributed by atoms with Gasteiger partial charge in [0.1, 0.15) is 5.75 Å². The molecule has 2 amide bonds. The Hall–Kier alpha value is -3.02. The minimum absolute atomic E-state index is 0.274. The van der Waals surface area contributed by atoms with Crippen molar-refractivity contribution < 1.29 is 19.4 Å². The number of amides is 2. The molecule has 1 aliphatic rings. The lowest BCUT2D eigenvalue weighted by molar-refractivity contribution is -0.138. The largest absolute Gasteiger partial charge is 0.495 e. The van der Waals surface area contributed by atoms with E-state index in [1.807, 2.05) is 49.4 Å². The van der Waals surface area contributed by atoms with E-state index < -0.39 is 5.97 Å². The predicted octanol–water partition coefficient (Wildman–Crippen LogP) is 5.40. The number of nitrogens with one attached hydrogen (secondary N) is 2. The van der Waals surface area contributed by atoms with Crippen molar-refractivity contribution in [3.05, 3.63) is 53.6 Å². The molecule has 0 aliphatic heterocycles. The molecule has 6 heteroatoms. The van der Waals surface area contributed by atoms with Crippen molar-refractivity contribution in [2.75, 3.05) is 17.7 Å². The lowest BCUT2D eigenvalue weighted by Gasteiger charge is -2.28. The normalized spacial score (nSPS) is 18.7. The van der Waals surface area contributed by atoms with E-state index in [4.69, 9.17) is 9.84 Å². The molecule has 1 saturated carbocycles. The number of carboxylic acid groups (broad SMARTS) is 1. The second-order valence-electron chi connectivity index (χ2n) is 7.72. The first kappa shape index (κ1) is 20.7. The predicted molar refractivity (Wildman–Crippen MR) is 114 cm³/mol. The minimum atomic E-state index is -0.703. The fourth-order valence-corrected chi connectivity index (χ4v) is 3.99. The molecule has 29 heavy (non-hydrogen) atoms. The number of hydrogen-bond donors (Lipinski definition) is 3. The molecule has 154 valence electrons. The van der Waals surface area contributed by atoms with Gasteiger partial charge in [-0.1, -0.05) is 18.2 Å². The molecule has 3 N–H and O–H groups in total. The van der Waals surface area contributed by atoms with E-state index in [1.54, 1.807) is 7.11 Å². The first-order chi connectivity index (χ1) is 13.9. The van der Waals surface area contributed by atoms with Gasteiger partial charge in [-0.3, -0.25) is 4.79 Å². The van der Waals surface area contributed by atoms with E-state index in [0.29, 0.717) is 23.3 Å². The maximum absolute atomic E-state index is 12.3. The number of rotatable bonds is 6. The van der Waals surface area contributed by atoms with Gasteiger partial charge in [-0.15, -0.1) is 0 Å². The maximum Gasteiger partial charge on any atom is 0.323 e. The van der Waals surface area contributed by atoms with Gasteiger partial charge in [0.25, 0.3) is 0 Å². The Labute approximate surface area is 171 Å². The molecule has 1 fully saturated rings. The Morgan fingerprint density at radius 2 is 1.72 bits per heavy atom. The number of carboxylic acids is 1. The number of methoxy groups -OCH3 is 1. The Balaban J connectivity index is 1.55. The molecule has 0 aromatic heterocycles. The van der Waals surface area contributed by atoms with Crippen molar-refractivity contribution >= 4 is 23.4 Å². The number of benzene rings is 2. The average Bonchev–Trinajstić information content (AvgIpc) is 2.69. The van der Waals surface area contributed by atoms with E-state index in [1.165, 1.54) is 5.56 Å². The summed E-state index contributed by atoms with van der Waals surface area (Å²) in [6, 6.07) is 13.2. The van der Waals surface area contributed by atoms with Crippen LogP contribution in [0.2, 0.25) is 0 Å². The molecule has 0 atom stereocenters. The van der Waals surface area contributed by atoms with Crippen LogP contribution in [0.25, 0.3) is 0 Å². The minimum Gasteiger partial charge on any atom is -0.495 e. The molecule has 0 bridgehead atoms. The van der Waals surface area contributed by atoms with Crippen molar-refractivity contribution in [3.8, 4) is 5.75 Å². The van der Waals surface area contributed by atoms with Gasteiger partial charge in [-0.2, -0.15) is 0 Å². The number of anilines is 2. The van der Waals surface area contributed by atoms with Crippen LogP contribution < -0.4 is 15.4 Å². The zero-order valence-electron chi connectivity index (χ0n) is 16.9.